The minimum atomic E-state index is -0.0305. The maximum Gasteiger partial charge on any atom is 0.0749 e. The molecule has 0 saturated carbocycles. The molecule has 1 aromatic rings. The van der Waals surface area contributed by atoms with E-state index in [0.29, 0.717) is 0 Å². The average molecular weight is 281 g/mol. The van der Waals surface area contributed by atoms with Crippen LogP contribution in [-0.4, -0.2) is 12.7 Å². The van der Waals surface area contributed by atoms with Crippen molar-refractivity contribution in [3.05, 3.63) is 46.5 Å². The standard InChI is InChI=1S/C14H17BrO/c1-3-16-13-10-9-12(15)14(13,2)11-7-5-4-6-8-11/h4-9,13H,3,10H2,1-2H3/t13-,14-/m0/s1. The maximum atomic E-state index is 5.86. The second kappa shape index (κ2) is 4.72. The predicted octanol–water partition coefficient (Wildman–Crippen LogP) is 4.03. The Balaban J connectivity index is 2.37. The van der Waals surface area contributed by atoms with Crippen LogP contribution in [0.5, 0.6) is 0 Å². The lowest BCUT2D eigenvalue weighted by atomic mass is 9.80. The third-order valence-electron chi connectivity index (χ3n) is 3.39. The number of halogens is 1. The first-order valence-electron chi connectivity index (χ1n) is 5.72. The molecule has 0 aliphatic heterocycles. The Bertz CT molecular complexity index is 385. The zero-order valence-electron chi connectivity index (χ0n) is 9.74. The summed E-state index contributed by atoms with van der Waals surface area (Å²) in [5.41, 5.74) is 1.28. The molecule has 1 nitrogen and oxygen atoms in total. The lowest BCUT2D eigenvalue weighted by molar-refractivity contribution is 0.0329. The highest BCUT2D eigenvalue weighted by Crippen LogP contribution is 2.46. The molecule has 1 aliphatic rings. The fourth-order valence-electron chi connectivity index (χ4n) is 2.36. The van der Waals surface area contributed by atoms with Crippen molar-refractivity contribution in [2.45, 2.75) is 31.8 Å². The van der Waals surface area contributed by atoms with Crippen molar-refractivity contribution in [2.24, 2.45) is 0 Å². The quantitative estimate of drug-likeness (QED) is 0.812. The van der Waals surface area contributed by atoms with Crippen LogP contribution >= 0.6 is 15.9 Å². The van der Waals surface area contributed by atoms with Crippen LogP contribution < -0.4 is 0 Å². The molecule has 0 saturated heterocycles. The largest absolute Gasteiger partial charge is 0.377 e. The molecule has 0 unspecified atom stereocenters. The summed E-state index contributed by atoms with van der Waals surface area (Å²) in [5.74, 6) is 0. The summed E-state index contributed by atoms with van der Waals surface area (Å²) in [7, 11) is 0. The summed E-state index contributed by atoms with van der Waals surface area (Å²) in [6, 6.07) is 10.6. The monoisotopic (exact) mass is 280 g/mol. The predicted molar refractivity (Wildman–Crippen MR) is 70.8 cm³/mol. The van der Waals surface area contributed by atoms with E-state index in [-0.39, 0.29) is 11.5 Å². The van der Waals surface area contributed by atoms with Crippen LogP contribution in [0.25, 0.3) is 0 Å². The average Bonchev–Trinajstić information content (AvgIpc) is 2.60. The van der Waals surface area contributed by atoms with Crippen LogP contribution in [0.15, 0.2) is 40.9 Å². The van der Waals surface area contributed by atoms with Gasteiger partial charge in [0.2, 0.25) is 0 Å². The molecule has 1 aromatic carbocycles. The van der Waals surface area contributed by atoms with Gasteiger partial charge in [0.25, 0.3) is 0 Å². The molecule has 0 aromatic heterocycles. The van der Waals surface area contributed by atoms with E-state index in [1.165, 1.54) is 10.0 Å². The molecule has 16 heavy (non-hydrogen) atoms. The smallest absolute Gasteiger partial charge is 0.0749 e. The van der Waals surface area contributed by atoms with E-state index in [1.54, 1.807) is 0 Å². The van der Waals surface area contributed by atoms with Gasteiger partial charge in [0, 0.05) is 11.1 Å². The van der Waals surface area contributed by atoms with Gasteiger partial charge in [-0.1, -0.05) is 52.3 Å². The van der Waals surface area contributed by atoms with Crippen LogP contribution in [0.4, 0.5) is 0 Å². The normalized spacial score (nSPS) is 29.2. The minimum Gasteiger partial charge on any atom is -0.377 e. The van der Waals surface area contributed by atoms with Crippen molar-refractivity contribution in [1.82, 2.24) is 0 Å². The Kier molecular flexibility index (Phi) is 3.50. The van der Waals surface area contributed by atoms with E-state index in [2.05, 4.69) is 66.2 Å². The van der Waals surface area contributed by atoms with E-state index >= 15 is 0 Å². The third-order valence-corrected chi connectivity index (χ3v) is 4.54. The van der Waals surface area contributed by atoms with Crippen molar-refractivity contribution in [3.8, 4) is 0 Å². The molecule has 0 radical (unpaired) electrons. The van der Waals surface area contributed by atoms with Gasteiger partial charge in [-0.25, -0.2) is 0 Å². The van der Waals surface area contributed by atoms with E-state index in [0.717, 1.165) is 13.0 Å². The Morgan fingerprint density at radius 3 is 2.69 bits per heavy atom. The molecule has 0 amide bonds. The van der Waals surface area contributed by atoms with E-state index in [1.807, 2.05) is 0 Å². The van der Waals surface area contributed by atoms with Gasteiger partial charge in [0.05, 0.1) is 11.5 Å². The highest BCUT2D eigenvalue weighted by atomic mass is 79.9. The van der Waals surface area contributed by atoms with Crippen molar-refractivity contribution in [1.29, 1.82) is 0 Å². The zero-order valence-corrected chi connectivity index (χ0v) is 11.3. The summed E-state index contributed by atoms with van der Waals surface area (Å²) in [6.07, 6.45) is 3.46. The minimum absolute atomic E-state index is 0.0305. The summed E-state index contributed by atoms with van der Waals surface area (Å²) in [4.78, 5) is 0. The van der Waals surface area contributed by atoms with Gasteiger partial charge in [0.15, 0.2) is 0 Å². The van der Waals surface area contributed by atoms with Gasteiger partial charge in [-0.05, 0) is 25.8 Å². The lowest BCUT2D eigenvalue weighted by Crippen LogP contribution is -2.35. The first-order chi connectivity index (χ1) is 7.69. The van der Waals surface area contributed by atoms with Crippen molar-refractivity contribution in [3.63, 3.8) is 0 Å². The summed E-state index contributed by atoms with van der Waals surface area (Å²) >= 11 is 3.69. The fourth-order valence-corrected chi connectivity index (χ4v) is 3.03. The fraction of sp³-hybridized carbons (Fsp3) is 0.429. The maximum absolute atomic E-state index is 5.86. The van der Waals surface area contributed by atoms with E-state index in [9.17, 15) is 0 Å². The molecule has 0 N–H and O–H groups in total. The Hall–Kier alpha value is -0.600. The SMILES string of the molecule is CCO[C@H]1CC=C(Br)[C@]1(C)c1ccccc1. The second-order valence-corrected chi connectivity index (χ2v) is 5.15. The number of rotatable bonds is 3. The highest BCUT2D eigenvalue weighted by Gasteiger charge is 2.42. The molecule has 2 rings (SSSR count). The van der Waals surface area contributed by atoms with E-state index in [4.69, 9.17) is 4.74 Å². The van der Waals surface area contributed by atoms with Crippen molar-refractivity contribution in [2.75, 3.05) is 6.61 Å². The van der Waals surface area contributed by atoms with Crippen LogP contribution in [0.3, 0.4) is 0 Å². The molecule has 2 atom stereocenters. The lowest BCUT2D eigenvalue weighted by Gasteiger charge is -2.33. The van der Waals surface area contributed by atoms with Crippen LogP contribution in [-0.2, 0) is 10.2 Å². The molecule has 2 heteroatoms. The number of ether oxygens (including phenoxy) is 1. The van der Waals surface area contributed by atoms with Gasteiger partial charge < -0.3 is 4.74 Å². The first kappa shape index (κ1) is 11.9. The molecule has 0 spiro atoms. The number of hydrogen-bond acceptors (Lipinski definition) is 1. The molecular formula is C14H17BrO. The van der Waals surface area contributed by atoms with Crippen molar-refractivity contribution >= 4 is 15.9 Å². The summed E-state index contributed by atoms with van der Waals surface area (Å²) in [5, 5.41) is 0. The van der Waals surface area contributed by atoms with Gasteiger partial charge in [-0.15, -0.1) is 0 Å². The zero-order chi connectivity index (χ0) is 11.6. The number of benzene rings is 1. The Morgan fingerprint density at radius 1 is 1.38 bits per heavy atom. The highest BCUT2D eigenvalue weighted by molar-refractivity contribution is 9.11. The van der Waals surface area contributed by atoms with Crippen LogP contribution in [0.1, 0.15) is 25.8 Å². The van der Waals surface area contributed by atoms with Gasteiger partial charge >= 0.3 is 0 Å². The first-order valence-corrected chi connectivity index (χ1v) is 6.52. The summed E-state index contributed by atoms with van der Waals surface area (Å²) in [6.45, 7) is 5.06. The molecular weight excluding hydrogens is 264 g/mol. The molecule has 0 heterocycles. The van der Waals surface area contributed by atoms with Crippen LogP contribution in [0, 0.1) is 0 Å². The second-order valence-electron chi connectivity index (χ2n) is 4.30. The molecule has 0 bridgehead atoms. The van der Waals surface area contributed by atoms with Gasteiger partial charge in [0.1, 0.15) is 0 Å². The Labute approximate surface area is 106 Å². The molecule has 86 valence electrons. The molecule has 1 aliphatic carbocycles. The van der Waals surface area contributed by atoms with Gasteiger partial charge in [-0.3, -0.25) is 0 Å². The van der Waals surface area contributed by atoms with E-state index < -0.39 is 0 Å². The third kappa shape index (κ3) is 1.85. The van der Waals surface area contributed by atoms with Gasteiger partial charge in [-0.2, -0.15) is 0 Å². The topological polar surface area (TPSA) is 9.23 Å². The Morgan fingerprint density at radius 2 is 2.06 bits per heavy atom. The van der Waals surface area contributed by atoms with Crippen molar-refractivity contribution < 1.29 is 4.74 Å². The number of hydrogen-bond donors (Lipinski definition) is 0. The molecule has 0 fully saturated rings. The van der Waals surface area contributed by atoms with Crippen LogP contribution in [0.2, 0.25) is 0 Å². The summed E-state index contributed by atoms with van der Waals surface area (Å²) < 4.78 is 7.10.